The molecule has 0 fully saturated rings. The molecule has 1 aromatic rings. The third kappa shape index (κ3) is 3.16. The molecule has 2 heterocycles. The third-order valence-corrected chi connectivity index (χ3v) is 3.74. The van der Waals surface area contributed by atoms with Crippen molar-refractivity contribution in [2.45, 2.75) is 26.3 Å². The quantitative estimate of drug-likeness (QED) is 0.868. The second-order valence-electron chi connectivity index (χ2n) is 5.00. The zero-order valence-electron chi connectivity index (χ0n) is 12.8. The minimum atomic E-state index is -0.425. The van der Waals surface area contributed by atoms with Crippen molar-refractivity contribution in [2.75, 3.05) is 30.0 Å². The summed E-state index contributed by atoms with van der Waals surface area (Å²) in [4.78, 5) is 31.7. The van der Waals surface area contributed by atoms with Crippen molar-refractivity contribution < 1.29 is 14.3 Å². The zero-order valence-corrected chi connectivity index (χ0v) is 14.4. The Bertz CT molecular complexity index is 581. The number of hydrogen-bond acceptors (Lipinski definition) is 4. The molecular weight excluding hydrogens is 352 g/mol. The van der Waals surface area contributed by atoms with Gasteiger partial charge in [0, 0.05) is 17.7 Å². The summed E-state index contributed by atoms with van der Waals surface area (Å²) in [5.41, 5.74) is 0.553. The standard InChI is InChI=1S/C14H19BrN4O3/c1-4-5-22-14(21)18-8-9(2)19(13(20)16-3)12-11(18)6-10(15)7-17-12/h6-7,9H,4-5,8H2,1-3H3,(H,16,20). The fraction of sp³-hybridized carbons (Fsp3) is 0.500. The first-order chi connectivity index (χ1) is 10.5. The SMILES string of the molecule is CCCOC(=O)N1CC(C)N(C(=O)NC)c2ncc(Br)cc21. The number of amides is 3. The molecule has 3 amide bonds. The summed E-state index contributed by atoms with van der Waals surface area (Å²) >= 11 is 3.35. The number of pyridine rings is 1. The highest BCUT2D eigenvalue weighted by atomic mass is 79.9. The van der Waals surface area contributed by atoms with E-state index in [1.807, 2.05) is 13.8 Å². The molecule has 22 heavy (non-hydrogen) atoms. The molecule has 1 aromatic heterocycles. The Morgan fingerprint density at radius 3 is 2.91 bits per heavy atom. The van der Waals surface area contributed by atoms with Gasteiger partial charge in [0.1, 0.15) is 0 Å². The molecular formula is C14H19BrN4O3. The Kier molecular flexibility index (Phi) is 5.23. The van der Waals surface area contributed by atoms with Gasteiger partial charge in [0.15, 0.2) is 5.82 Å². The number of fused-ring (bicyclic) bond motifs is 1. The number of carbonyl (C=O) groups excluding carboxylic acids is 2. The largest absolute Gasteiger partial charge is 0.449 e. The smallest absolute Gasteiger partial charge is 0.414 e. The Morgan fingerprint density at radius 1 is 1.55 bits per heavy atom. The lowest BCUT2D eigenvalue weighted by Crippen LogP contribution is -2.54. The van der Waals surface area contributed by atoms with E-state index in [9.17, 15) is 9.59 Å². The fourth-order valence-electron chi connectivity index (χ4n) is 2.32. The molecule has 1 aliphatic heterocycles. The number of urea groups is 1. The number of aromatic nitrogens is 1. The van der Waals surface area contributed by atoms with Gasteiger partial charge < -0.3 is 10.1 Å². The van der Waals surface area contributed by atoms with Gasteiger partial charge in [0.2, 0.25) is 0 Å². The molecule has 1 aliphatic rings. The van der Waals surface area contributed by atoms with Gasteiger partial charge in [-0.1, -0.05) is 6.92 Å². The van der Waals surface area contributed by atoms with Gasteiger partial charge in [0.05, 0.1) is 24.9 Å². The maximum Gasteiger partial charge on any atom is 0.414 e. The van der Waals surface area contributed by atoms with Gasteiger partial charge in [-0.25, -0.2) is 14.6 Å². The Morgan fingerprint density at radius 2 is 2.27 bits per heavy atom. The molecule has 0 bridgehead atoms. The second-order valence-corrected chi connectivity index (χ2v) is 5.91. The summed E-state index contributed by atoms with van der Waals surface area (Å²) in [6.07, 6.45) is 1.93. The second kappa shape index (κ2) is 6.95. The van der Waals surface area contributed by atoms with E-state index >= 15 is 0 Å². The predicted molar refractivity (Wildman–Crippen MR) is 87.3 cm³/mol. The maximum absolute atomic E-state index is 12.3. The maximum atomic E-state index is 12.3. The zero-order chi connectivity index (χ0) is 16.3. The summed E-state index contributed by atoms with van der Waals surface area (Å²) in [6, 6.07) is 1.29. The number of nitrogens with one attached hydrogen (secondary N) is 1. The molecule has 1 unspecified atom stereocenters. The molecule has 7 nitrogen and oxygen atoms in total. The highest BCUT2D eigenvalue weighted by Gasteiger charge is 2.36. The molecule has 0 aromatic carbocycles. The Hall–Kier alpha value is -1.83. The number of halogens is 1. The molecule has 0 saturated carbocycles. The first-order valence-corrected chi connectivity index (χ1v) is 7.89. The number of nitrogens with zero attached hydrogens (tertiary/aromatic N) is 3. The van der Waals surface area contributed by atoms with E-state index in [1.54, 1.807) is 24.2 Å². The van der Waals surface area contributed by atoms with E-state index in [0.29, 0.717) is 24.7 Å². The lowest BCUT2D eigenvalue weighted by atomic mass is 10.1. The Balaban J connectivity index is 2.42. The van der Waals surface area contributed by atoms with Crippen LogP contribution in [-0.2, 0) is 4.74 Å². The predicted octanol–water partition coefficient (Wildman–Crippen LogP) is 2.75. The molecule has 1 N–H and O–H groups in total. The van der Waals surface area contributed by atoms with Gasteiger partial charge in [-0.2, -0.15) is 0 Å². The third-order valence-electron chi connectivity index (χ3n) is 3.30. The normalized spacial score (nSPS) is 17.0. The van der Waals surface area contributed by atoms with E-state index in [-0.39, 0.29) is 12.1 Å². The number of hydrogen-bond donors (Lipinski definition) is 1. The minimum Gasteiger partial charge on any atom is -0.449 e. The summed E-state index contributed by atoms with van der Waals surface area (Å²) in [5, 5.41) is 2.60. The summed E-state index contributed by atoms with van der Waals surface area (Å²) in [6.45, 7) is 4.51. The van der Waals surface area contributed by atoms with Crippen LogP contribution in [0.2, 0.25) is 0 Å². The number of ether oxygens (including phenoxy) is 1. The fourth-order valence-corrected chi connectivity index (χ4v) is 2.63. The van der Waals surface area contributed by atoms with Gasteiger partial charge in [-0.15, -0.1) is 0 Å². The minimum absolute atomic E-state index is 0.213. The van der Waals surface area contributed by atoms with Crippen molar-refractivity contribution in [3.63, 3.8) is 0 Å². The lowest BCUT2D eigenvalue weighted by molar-refractivity contribution is 0.153. The molecule has 120 valence electrons. The molecule has 0 spiro atoms. The highest BCUT2D eigenvalue weighted by Crippen LogP contribution is 2.35. The van der Waals surface area contributed by atoms with Gasteiger partial charge >= 0.3 is 12.1 Å². The summed E-state index contributed by atoms with van der Waals surface area (Å²) in [5.74, 6) is 0.440. The van der Waals surface area contributed by atoms with Gasteiger partial charge in [-0.05, 0) is 35.3 Å². The summed E-state index contributed by atoms with van der Waals surface area (Å²) in [7, 11) is 1.56. The van der Waals surface area contributed by atoms with Gasteiger partial charge in [-0.3, -0.25) is 9.80 Å². The first-order valence-electron chi connectivity index (χ1n) is 7.10. The van der Waals surface area contributed by atoms with Crippen LogP contribution in [0, 0.1) is 0 Å². The van der Waals surface area contributed by atoms with E-state index in [4.69, 9.17) is 4.74 Å². The number of carbonyl (C=O) groups is 2. The topological polar surface area (TPSA) is 74.8 Å². The monoisotopic (exact) mass is 370 g/mol. The molecule has 0 aliphatic carbocycles. The van der Waals surface area contributed by atoms with E-state index in [2.05, 4.69) is 26.2 Å². The van der Waals surface area contributed by atoms with E-state index in [0.717, 1.165) is 10.9 Å². The van der Waals surface area contributed by atoms with Gasteiger partial charge in [0.25, 0.3) is 0 Å². The van der Waals surface area contributed by atoms with Crippen LogP contribution in [0.25, 0.3) is 0 Å². The van der Waals surface area contributed by atoms with Crippen molar-refractivity contribution in [1.29, 1.82) is 0 Å². The number of anilines is 2. The summed E-state index contributed by atoms with van der Waals surface area (Å²) < 4.78 is 5.95. The Labute approximate surface area is 137 Å². The van der Waals surface area contributed by atoms with Crippen LogP contribution in [0.4, 0.5) is 21.1 Å². The van der Waals surface area contributed by atoms with E-state index < -0.39 is 6.09 Å². The van der Waals surface area contributed by atoms with Crippen LogP contribution < -0.4 is 15.1 Å². The van der Waals surface area contributed by atoms with Crippen molar-refractivity contribution in [3.05, 3.63) is 16.7 Å². The first kappa shape index (κ1) is 16.5. The van der Waals surface area contributed by atoms with Crippen molar-refractivity contribution in [1.82, 2.24) is 10.3 Å². The van der Waals surface area contributed by atoms with Crippen molar-refractivity contribution in [2.24, 2.45) is 0 Å². The average Bonchev–Trinajstić information content (AvgIpc) is 2.51. The average molecular weight is 371 g/mol. The van der Waals surface area contributed by atoms with Crippen LogP contribution in [0.5, 0.6) is 0 Å². The van der Waals surface area contributed by atoms with Crippen LogP contribution in [-0.4, -0.2) is 43.3 Å². The van der Waals surface area contributed by atoms with Crippen molar-refractivity contribution in [3.8, 4) is 0 Å². The lowest BCUT2D eigenvalue weighted by Gasteiger charge is -2.39. The van der Waals surface area contributed by atoms with Crippen LogP contribution in [0.1, 0.15) is 20.3 Å². The van der Waals surface area contributed by atoms with Crippen LogP contribution in [0.3, 0.4) is 0 Å². The molecule has 8 heteroatoms. The van der Waals surface area contributed by atoms with Crippen LogP contribution in [0.15, 0.2) is 16.7 Å². The van der Waals surface area contributed by atoms with E-state index in [1.165, 1.54) is 4.90 Å². The number of rotatable bonds is 2. The molecule has 0 radical (unpaired) electrons. The molecule has 0 saturated heterocycles. The molecule has 2 rings (SSSR count). The highest BCUT2D eigenvalue weighted by molar-refractivity contribution is 9.10. The molecule has 1 atom stereocenters. The van der Waals surface area contributed by atoms with Crippen LogP contribution >= 0.6 is 15.9 Å². The van der Waals surface area contributed by atoms with Crippen molar-refractivity contribution >= 4 is 39.6 Å².